The standard InChI is InChI=1S/C12H14N8O4/c13-9(14)19(11(17)23)7(21)5-3-1-2-4-6(5)8(22)20(10(15)16)12(18)24/h1-4H,(H3,13,14)(H3,15,16)(H2,17,23)(H2,18,24). The van der Waals surface area contributed by atoms with Crippen LogP contribution >= 0.6 is 0 Å². The van der Waals surface area contributed by atoms with E-state index in [0.29, 0.717) is 0 Å². The molecule has 0 radical (unpaired) electrons. The van der Waals surface area contributed by atoms with Gasteiger partial charge in [0.05, 0.1) is 11.1 Å². The molecule has 0 atom stereocenters. The molecule has 1 aromatic rings. The van der Waals surface area contributed by atoms with Crippen molar-refractivity contribution in [2.45, 2.75) is 0 Å². The molecule has 1 aromatic carbocycles. The normalized spacial score (nSPS) is 9.67. The molecular formula is C12H14N8O4. The second-order valence-electron chi connectivity index (χ2n) is 4.27. The highest BCUT2D eigenvalue weighted by molar-refractivity contribution is 6.22. The predicted octanol–water partition coefficient (Wildman–Crippen LogP) is -1.48. The first-order valence-electron chi connectivity index (χ1n) is 6.14. The fraction of sp³-hybridized carbons (Fsp3) is 0. The van der Waals surface area contributed by atoms with Crippen molar-refractivity contribution in [1.82, 2.24) is 9.80 Å². The van der Waals surface area contributed by atoms with Gasteiger partial charge in [-0.25, -0.2) is 9.59 Å². The Morgan fingerprint density at radius 1 is 0.708 bits per heavy atom. The Bertz CT molecular complexity index is 668. The van der Waals surface area contributed by atoms with Crippen molar-refractivity contribution in [2.24, 2.45) is 22.9 Å². The van der Waals surface area contributed by atoms with Gasteiger partial charge in [0, 0.05) is 0 Å². The number of primary amides is 2. The molecule has 0 heterocycles. The summed E-state index contributed by atoms with van der Waals surface area (Å²) in [5, 5.41) is 14.4. The minimum absolute atomic E-state index is 0.120. The van der Waals surface area contributed by atoms with Crippen LogP contribution < -0.4 is 22.9 Å². The summed E-state index contributed by atoms with van der Waals surface area (Å²) in [6.45, 7) is 0. The SMILES string of the molecule is N=C(N)N(C(N)=O)C(=O)c1ccccc1C(=O)N(C(=N)N)C(N)=O. The van der Waals surface area contributed by atoms with Gasteiger partial charge in [-0.15, -0.1) is 0 Å². The number of nitrogens with zero attached hydrogens (tertiary/aromatic N) is 2. The van der Waals surface area contributed by atoms with Crippen LogP contribution in [0.5, 0.6) is 0 Å². The number of rotatable bonds is 2. The average Bonchev–Trinajstić information content (AvgIpc) is 2.45. The topological polar surface area (TPSA) is 227 Å². The van der Waals surface area contributed by atoms with Crippen LogP contribution in [-0.4, -0.2) is 45.6 Å². The van der Waals surface area contributed by atoms with Crippen LogP contribution in [0.2, 0.25) is 0 Å². The third kappa shape index (κ3) is 3.44. The quantitative estimate of drug-likeness (QED) is 0.278. The average molecular weight is 334 g/mol. The molecule has 126 valence electrons. The zero-order chi connectivity index (χ0) is 18.6. The van der Waals surface area contributed by atoms with Crippen molar-refractivity contribution in [3.05, 3.63) is 35.4 Å². The van der Waals surface area contributed by atoms with Gasteiger partial charge in [-0.1, -0.05) is 12.1 Å². The molecule has 0 spiro atoms. The third-order valence-corrected chi connectivity index (χ3v) is 2.72. The van der Waals surface area contributed by atoms with E-state index in [-0.39, 0.29) is 9.80 Å². The Labute approximate surface area is 135 Å². The molecule has 0 unspecified atom stereocenters. The summed E-state index contributed by atoms with van der Waals surface area (Å²) >= 11 is 0. The minimum Gasteiger partial charge on any atom is -0.369 e. The Hall–Kier alpha value is -3.96. The highest BCUT2D eigenvalue weighted by Gasteiger charge is 2.31. The van der Waals surface area contributed by atoms with Crippen molar-refractivity contribution in [3.8, 4) is 0 Å². The number of carbonyl (C=O) groups is 4. The number of hydrogen-bond donors (Lipinski definition) is 6. The van der Waals surface area contributed by atoms with E-state index >= 15 is 0 Å². The van der Waals surface area contributed by atoms with Crippen LogP contribution in [-0.2, 0) is 0 Å². The van der Waals surface area contributed by atoms with E-state index < -0.39 is 46.9 Å². The molecule has 0 saturated carbocycles. The van der Waals surface area contributed by atoms with Crippen molar-refractivity contribution in [1.29, 1.82) is 10.8 Å². The lowest BCUT2D eigenvalue weighted by molar-refractivity contribution is 0.0837. The lowest BCUT2D eigenvalue weighted by atomic mass is 10.1. The van der Waals surface area contributed by atoms with Crippen molar-refractivity contribution >= 4 is 35.8 Å². The fourth-order valence-corrected chi connectivity index (χ4v) is 1.75. The number of hydrogen-bond acceptors (Lipinski definition) is 6. The second kappa shape index (κ2) is 6.87. The van der Waals surface area contributed by atoms with Crippen LogP contribution in [0.1, 0.15) is 20.7 Å². The van der Waals surface area contributed by atoms with Crippen LogP contribution in [0, 0.1) is 10.8 Å². The number of guanidine groups is 2. The summed E-state index contributed by atoms with van der Waals surface area (Å²) in [6.07, 6.45) is 0. The molecule has 24 heavy (non-hydrogen) atoms. The number of imide groups is 2. The van der Waals surface area contributed by atoms with Gasteiger partial charge in [0.2, 0.25) is 11.9 Å². The number of amides is 6. The van der Waals surface area contributed by atoms with E-state index in [1.54, 1.807) is 0 Å². The number of nitrogens with two attached hydrogens (primary N) is 4. The summed E-state index contributed by atoms with van der Waals surface area (Å²) in [7, 11) is 0. The van der Waals surface area contributed by atoms with E-state index in [9.17, 15) is 19.2 Å². The first-order chi connectivity index (χ1) is 11.1. The Balaban J connectivity index is 3.45. The van der Waals surface area contributed by atoms with Gasteiger partial charge in [0.15, 0.2) is 0 Å². The Morgan fingerprint density at radius 2 is 1.00 bits per heavy atom. The van der Waals surface area contributed by atoms with Crippen LogP contribution in [0.15, 0.2) is 24.3 Å². The number of carbonyl (C=O) groups excluding carboxylic acids is 4. The molecule has 0 aliphatic heterocycles. The maximum atomic E-state index is 12.3. The molecule has 0 aliphatic rings. The lowest BCUT2D eigenvalue weighted by Gasteiger charge is -2.20. The summed E-state index contributed by atoms with van der Waals surface area (Å²) in [4.78, 5) is 47.5. The smallest absolute Gasteiger partial charge is 0.328 e. The van der Waals surface area contributed by atoms with E-state index in [2.05, 4.69) is 0 Å². The molecule has 0 aliphatic carbocycles. The second-order valence-corrected chi connectivity index (χ2v) is 4.27. The van der Waals surface area contributed by atoms with Crippen LogP contribution in [0.4, 0.5) is 9.59 Å². The molecule has 1 rings (SSSR count). The number of urea groups is 2. The Morgan fingerprint density at radius 3 is 1.21 bits per heavy atom. The summed E-state index contributed by atoms with van der Waals surface area (Å²) in [5.74, 6) is -4.28. The molecule has 0 aromatic heterocycles. The van der Waals surface area contributed by atoms with Gasteiger partial charge in [-0.2, -0.15) is 9.80 Å². The zero-order valence-electron chi connectivity index (χ0n) is 12.1. The highest BCUT2D eigenvalue weighted by atomic mass is 16.2. The minimum atomic E-state index is -1.34. The summed E-state index contributed by atoms with van der Waals surface area (Å²) in [6, 6.07) is 2.29. The van der Waals surface area contributed by atoms with Crippen molar-refractivity contribution in [3.63, 3.8) is 0 Å². The van der Waals surface area contributed by atoms with Gasteiger partial charge >= 0.3 is 12.1 Å². The molecule has 6 amide bonds. The number of nitrogens with one attached hydrogen (secondary N) is 2. The first kappa shape index (κ1) is 18.1. The highest BCUT2D eigenvalue weighted by Crippen LogP contribution is 2.14. The van der Waals surface area contributed by atoms with E-state index in [1.807, 2.05) is 0 Å². The van der Waals surface area contributed by atoms with Gasteiger partial charge in [0.25, 0.3) is 11.8 Å². The Kier molecular flexibility index (Phi) is 5.18. The zero-order valence-corrected chi connectivity index (χ0v) is 12.1. The van der Waals surface area contributed by atoms with E-state index in [0.717, 1.165) is 12.1 Å². The lowest BCUT2D eigenvalue weighted by Crippen LogP contribution is -2.50. The molecular weight excluding hydrogens is 320 g/mol. The van der Waals surface area contributed by atoms with Gasteiger partial charge < -0.3 is 22.9 Å². The van der Waals surface area contributed by atoms with Gasteiger partial charge in [-0.3, -0.25) is 20.4 Å². The molecule has 0 fully saturated rings. The molecule has 0 bridgehead atoms. The first-order valence-corrected chi connectivity index (χ1v) is 6.14. The molecule has 12 heteroatoms. The maximum Gasteiger partial charge on any atom is 0.328 e. The summed E-state index contributed by atoms with van der Waals surface area (Å²) < 4.78 is 0. The van der Waals surface area contributed by atoms with Crippen LogP contribution in [0.25, 0.3) is 0 Å². The monoisotopic (exact) mass is 334 g/mol. The molecule has 12 nitrogen and oxygen atoms in total. The predicted molar refractivity (Wildman–Crippen MR) is 81.8 cm³/mol. The van der Waals surface area contributed by atoms with Gasteiger partial charge in [0.1, 0.15) is 0 Å². The van der Waals surface area contributed by atoms with Crippen LogP contribution in [0.3, 0.4) is 0 Å². The van der Waals surface area contributed by atoms with Crippen molar-refractivity contribution < 1.29 is 19.2 Å². The number of benzene rings is 1. The third-order valence-electron chi connectivity index (χ3n) is 2.72. The largest absolute Gasteiger partial charge is 0.369 e. The molecule has 0 saturated heterocycles. The van der Waals surface area contributed by atoms with Gasteiger partial charge in [-0.05, 0) is 12.1 Å². The summed E-state index contributed by atoms with van der Waals surface area (Å²) in [5.41, 5.74) is 19.4. The van der Waals surface area contributed by atoms with E-state index in [1.165, 1.54) is 12.1 Å². The fourth-order valence-electron chi connectivity index (χ4n) is 1.75. The van der Waals surface area contributed by atoms with Crippen molar-refractivity contribution in [2.75, 3.05) is 0 Å². The molecule has 10 N–H and O–H groups in total. The van der Waals surface area contributed by atoms with E-state index in [4.69, 9.17) is 33.8 Å². The maximum absolute atomic E-state index is 12.3.